The van der Waals surface area contributed by atoms with Crippen molar-refractivity contribution < 1.29 is 34.7 Å². The molecule has 17 heavy (non-hydrogen) atoms. The van der Waals surface area contributed by atoms with Crippen molar-refractivity contribution in [3.05, 3.63) is 0 Å². The summed E-state index contributed by atoms with van der Waals surface area (Å²) in [5.74, 6) is -2.40. The number of aliphatic hydroxyl groups is 4. The maximum atomic E-state index is 11.2. The third-order valence-corrected chi connectivity index (χ3v) is 2.76. The second-order valence-electron chi connectivity index (χ2n) is 4.11. The first-order chi connectivity index (χ1) is 7.85. The molecule has 1 rings (SSSR count). The molecule has 0 saturated carbocycles. The van der Waals surface area contributed by atoms with Gasteiger partial charge in [-0.3, -0.25) is 4.79 Å². The summed E-state index contributed by atoms with van der Waals surface area (Å²) < 4.78 is 10.0. The van der Waals surface area contributed by atoms with Crippen LogP contribution in [-0.4, -0.2) is 63.2 Å². The summed E-state index contributed by atoms with van der Waals surface area (Å²) in [6.45, 7) is 2.27. The molecular weight excluding hydrogens is 232 g/mol. The highest BCUT2D eigenvalue weighted by atomic mass is 16.7. The van der Waals surface area contributed by atoms with Crippen LogP contribution >= 0.6 is 0 Å². The van der Waals surface area contributed by atoms with E-state index in [1.165, 1.54) is 6.92 Å². The average molecular weight is 250 g/mol. The summed E-state index contributed by atoms with van der Waals surface area (Å²) in [7, 11) is 0. The fraction of sp³-hybridized carbons (Fsp3) is 0.900. The molecule has 1 aliphatic rings. The Morgan fingerprint density at radius 1 is 1.35 bits per heavy atom. The van der Waals surface area contributed by atoms with Gasteiger partial charge in [0, 0.05) is 13.3 Å². The van der Waals surface area contributed by atoms with Crippen LogP contribution in [0.2, 0.25) is 0 Å². The molecule has 0 aromatic carbocycles. The lowest BCUT2D eigenvalue weighted by atomic mass is 9.93. The Morgan fingerprint density at radius 3 is 2.41 bits per heavy atom. The molecule has 0 bridgehead atoms. The number of carbonyl (C=O) groups excluding carboxylic acids is 1. The first-order valence-corrected chi connectivity index (χ1v) is 5.40. The number of ether oxygens (including phenoxy) is 2. The van der Waals surface area contributed by atoms with Crippen LogP contribution in [0.25, 0.3) is 0 Å². The highest BCUT2D eigenvalue weighted by molar-refractivity contribution is 5.69. The number of rotatable bonds is 3. The van der Waals surface area contributed by atoms with Gasteiger partial charge in [-0.2, -0.15) is 0 Å². The van der Waals surface area contributed by atoms with Crippen LogP contribution in [0.15, 0.2) is 0 Å². The molecule has 7 nitrogen and oxygen atoms in total. The minimum absolute atomic E-state index is 0.0775. The topological polar surface area (TPSA) is 116 Å². The second kappa shape index (κ2) is 5.28. The zero-order valence-corrected chi connectivity index (χ0v) is 9.74. The van der Waals surface area contributed by atoms with Crippen LogP contribution in [0.3, 0.4) is 0 Å². The fourth-order valence-corrected chi connectivity index (χ4v) is 1.68. The van der Waals surface area contributed by atoms with Crippen molar-refractivity contribution in [2.24, 2.45) is 0 Å². The van der Waals surface area contributed by atoms with E-state index in [4.69, 9.17) is 14.6 Å². The number of hydrogen-bond donors (Lipinski definition) is 4. The van der Waals surface area contributed by atoms with Crippen molar-refractivity contribution in [2.75, 3.05) is 6.61 Å². The molecule has 0 aliphatic carbocycles. The lowest BCUT2D eigenvalue weighted by Gasteiger charge is -2.45. The first kappa shape index (κ1) is 14.3. The number of aliphatic hydroxyl groups excluding tert-OH is 4. The Bertz CT molecular complexity index is 280. The maximum Gasteiger partial charge on any atom is 0.308 e. The van der Waals surface area contributed by atoms with Gasteiger partial charge in [-0.25, -0.2) is 0 Å². The molecule has 1 heterocycles. The van der Waals surface area contributed by atoms with Gasteiger partial charge in [-0.15, -0.1) is 0 Å². The predicted octanol–water partition coefficient (Wildman–Crippen LogP) is -1.87. The molecule has 1 saturated heterocycles. The van der Waals surface area contributed by atoms with Gasteiger partial charge in [0.15, 0.2) is 0 Å². The van der Waals surface area contributed by atoms with E-state index in [0.29, 0.717) is 0 Å². The normalized spacial score (nSPS) is 42.2. The predicted molar refractivity (Wildman–Crippen MR) is 54.8 cm³/mol. The van der Waals surface area contributed by atoms with E-state index in [1.807, 2.05) is 0 Å². The third-order valence-electron chi connectivity index (χ3n) is 2.76. The third kappa shape index (κ3) is 2.75. The molecule has 7 heteroatoms. The second-order valence-corrected chi connectivity index (χ2v) is 4.11. The Labute approximate surface area is 98.6 Å². The quantitative estimate of drug-likeness (QED) is 0.433. The van der Waals surface area contributed by atoms with Gasteiger partial charge in [-0.1, -0.05) is 6.92 Å². The van der Waals surface area contributed by atoms with Gasteiger partial charge in [0.1, 0.15) is 24.4 Å². The Morgan fingerprint density at radius 2 is 1.94 bits per heavy atom. The van der Waals surface area contributed by atoms with E-state index in [1.54, 1.807) is 6.92 Å². The lowest BCUT2D eigenvalue weighted by molar-refractivity contribution is -0.344. The van der Waals surface area contributed by atoms with Gasteiger partial charge in [0.2, 0.25) is 5.79 Å². The molecule has 0 amide bonds. The molecule has 0 aromatic rings. The molecular formula is C10H18O7. The summed E-state index contributed by atoms with van der Waals surface area (Å²) in [6, 6.07) is 0. The summed E-state index contributed by atoms with van der Waals surface area (Å²) in [5, 5.41) is 37.8. The van der Waals surface area contributed by atoms with Crippen LogP contribution in [0.4, 0.5) is 0 Å². The average Bonchev–Trinajstić information content (AvgIpc) is 2.31. The largest absolute Gasteiger partial charge is 0.430 e. The zero-order chi connectivity index (χ0) is 13.2. The molecule has 1 aliphatic heterocycles. The van der Waals surface area contributed by atoms with Crippen molar-refractivity contribution in [2.45, 2.75) is 50.5 Å². The van der Waals surface area contributed by atoms with Crippen molar-refractivity contribution in [1.29, 1.82) is 0 Å². The summed E-state index contributed by atoms with van der Waals surface area (Å²) in [4.78, 5) is 11.2. The van der Waals surface area contributed by atoms with E-state index < -0.39 is 42.8 Å². The minimum atomic E-state index is -1.78. The highest BCUT2D eigenvalue weighted by Gasteiger charge is 2.53. The molecule has 1 fully saturated rings. The monoisotopic (exact) mass is 250 g/mol. The van der Waals surface area contributed by atoms with Gasteiger partial charge >= 0.3 is 5.97 Å². The van der Waals surface area contributed by atoms with Crippen LogP contribution in [0.1, 0.15) is 20.3 Å². The van der Waals surface area contributed by atoms with Gasteiger partial charge in [0.25, 0.3) is 0 Å². The van der Waals surface area contributed by atoms with E-state index in [9.17, 15) is 20.1 Å². The van der Waals surface area contributed by atoms with Crippen LogP contribution in [-0.2, 0) is 14.3 Å². The Hall–Kier alpha value is -0.730. The molecule has 1 unspecified atom stereocenters. The molecule has 100 valence electrons. The number of esters is 1. The van der Waals surface area contributed by atoms with E-state index in [0.717, 1.165) is 0 Å². The van der Waals surface area contributed by atoms with Crippen molar-refractivity contribution in [3.63, 3.8) is 0 Å². The number of hydrogen-bond acceptors (Lipinski definition) is 7. The smallest absolute Gasteiger partial charge is 0.308 e. The molecule has 5 atom stereocenters. The summed E-state index contributed by atoms with van der Waals surface area (Å²) in [6.07, 6.45) is -5.63. The van der Waals surface area contributed by atoms with Gasteiger partial charge in [-0.05, 0) is 0 Å². The van der Waals surface area contributed by atoms with Gasteiger partial charge < -0.3 is 29.9 Å². The van der Waals surface area contributed by atoms with Crippen LogP contribution in [0, 0.1) is 0 Å². The standard InChI is InChI=1S/C10H18O7/c1-3-6(12)17-10(2)9(15)8(14)7(13)5(4-11)16-10/h5,7-9,11,13-15H,3-4H2,1-2H3/t5-,7-,8+,9+,10?/m1/s1. The van der Waals surface area contributed by atoms with Crippen LogP contribution < -0.4 is 0 Å². The molecule has 0 radical (unpaired) electrons. The maximum absolute atomic E-state index is 11.2. The minimum Gasteiger partial charge on any atom is -0.430 e. The van der Waals surface area contributed by atoms with Crippen LogP contribution in [0.5, 0.6) is 0 Å². The molecule has 4 N–H and O–H groups in total. The van der Waals surface area contributed by atoms with Crippen molar-refractivity contribution in [1.82, 2.24) is 0 Å². The van der Waals surface area contributed by atoms with Gasteiger partial charge in [0.05, 0.1) is 6.61 Å². The number of carbonyl (C=O) groups is 1. The SMILES string of the molecule is CCC(=O)OC1(C)O[C@H](CO)[C@@H](O)[C@H](O)[C@@H]1O. The van der Waals surface area contributed by atoms with E-state index >= 15 is 0 Å². The molecule has 0 spiro atoms. The first-order valence-electron chi connectivity index (χ1n) is 5.40. The Balaban J connectivity index is 2.86. The van der Waals surface area contributed by atoms with Crippen molar-refractivity contribution in [3.8, 4) is 0 Å². The highest BCUT2D eigenvalue weighted by Crippen LogP contribution is 2.31. The zero-order valence-electron chi connectivity index (χ0n) is 9.74. The fourth-order valence-electron chi connectivity index (χ4n) is 1.68. The Kier molecular flexibility index (Phi) is 4.45. The lowest BCUT2D eigenvalue weighted by Crippen LogP contribution is -2.65. The summed E-state index contributed by atoms with van der Waals surface area (Å²) in [5.41, 5.74) is 0. The summed E-state index contributed by atoms with van der Waals surface area (Å²) >= 11 is 0. The van der Waals surface area contributed by atoms with E-state index in [-0.39, 0.29) is 6.42 Å². The van der Waals surface area contributed by atoms with E-state index in [2.05, 4.69) is 0 Å². The molecule has 0 aromatic heterocycles. The van der Waals surface area contributed by atoms with Crippen molar-refractivity contribution >= 4 is 5.97 Å².